The van der Waals surface area contributed by atoms with Crippen LogP contribution in [0.25, 0.3) is 0 Å². The van der Waals surface area contributed by atoms with Gasteiger partial charge in [0, 0.05) is 0 Å². The third-order valence-corrected chi connectivity index (χ3v) is 2.20. The monoisotopic (exact) mass is 229 g/mol. The van der Waals surface area contributed by atoms with E-state index in [2.05, 4.69) is 17.2 Å². The minimum absolute atomic E-state index is 0.606. The van der Waals surface area contributed by atoms with E-state index in [1.807, 2.05) is 0 Å². The van der Waals surface area contributed by atoms with Crippen LogP contribution in [0, 0.1) is 0 Å². The van der Waals surface area contributed by atoms with Gasteiger partial charge in [0.1, 0.15) is 6.26 Å². The minimum atomic E-state index is -4.61. The van der Waals surface area contributed by atoms with E-state index in [0.29, 0.717) is 0 Å². The van der Waals surface area contributed by atoms with Gasteiger partial charge in [-0.1, -0.05) is 0 Å². The molecule has 74 valence electrons. The molecule has 0 saturated heterocycles. The molecule has 1 heterocycles. The zero-order chi connectivity index (χ0) is 9.90. The highest BCUT2D eigenvalue weighted by Crippen LogP contribution is 2.09. The fourth-order valence-corrected chi connectivity index (χ4v) is 1.36. The van der Waals surface area contributed by atoms with Crippen molar-refractivity contribution < 1.29 is 29.4 Å². The fraction of sp³-hybridized carbons (Fsp3) is 0. The van der Waals surface area contributed by atoms with Crippen molar-refractivity contribution in [3.05, 3.63) is 12.5 Å². The molecule has 0 aliphatic rings. The van der Waals surface area contributed by atoms with Crippen molar-refractivity contribution in [2.75, 3.05) is 0 Å². The third kappa shape index (κ3) is 3.50. The van der Waals surface area contributed by atoms with E-state index in [0.717, 1.165) is 12.5 Å². The van der Waals surface area contributed by atoms with Gasteiger partial charge < -0.3 is 8.60 Å². The molecular formula is C3H3NO7S2. The Labute approximate surface area is 75.3 Å². The van der Waals surface area contributed by atoms with Crippen molar-refractivity contribution in [3.63, 3.8) is 0 Å². The van der Waals surface area contributed by atoms with Crippen molar-refractivity contribution in [2.24, 2.45) is 0 Å². The van der Waals surface area contributed by atoms with E-state index in [1.165, 1.54) is 0 Å². The van der Waals surface area contributed by atoms with E-state index in [-0.39, 0.29) is 0 Å². The Balaban J connectivity index is 2.68. The molecule has 0 bridgehead atoms. The second-order valence-electron chi connectivity index (χ2n) is 1.57. The normalized spacial score (nSPS) is 13.9. The molecule has 10 heteroatoms. The Bertz CT molecular complexity index is 380. The summed E-state index contributed by atoms with van der Waals surface area (Å²) in [5, 5.41) is 0. The molecule has 1 aromatic rings. The van der Waals surface area contributed by atoms with E-state index in [9.17, 15) is 12.6 Å². The van der Waals surface area contributed by atoms with Crippen LogP contribution in [-0.2, 0) is 25.4 Å². The Morgan fingerprint density at radius 3 is 2.77 bits per heavy atom. The molecule has 1 unspecified atom stereocenters. The maximum atomic E-state index is 10.6. The molecular weight excluding hydrogens is 226 g/mol. The van der Waals surface area contributed by atoms with Crippen molar-refractivity contribution >= 4 is 21.8 Å². The summed E-state index contributed by atoms with van der Waals surface area (Å²) in [7, 11) is -4.61. The van der Waals surface area contributed by atoms with Gasteiger partial charge in [0.15, 0.2) is 0 Å². The number of nitrogens with zero attached hydrogens (tertiary/aromatic N) is 1. The van der Waals surface area contributed by atoms with Crippen LogP contribution in [0.1, 0.15) is 0 Å². The van der Waals surface area contributed by atoms with Gasteiger partial charge >= 0.3 is 27.8 Å². The lowest BCUT2D eigenvalue weighted by atomic mass is 11.0. The minimum Gasteiger partial charge on any atom is -0.417 e. The van der Waals surface area contributed by atoms with Crippen LogP contribution in [0.15, 0.2) is 16.9 Å². The Morgan fingerprint density at radius 1 is 1.62 bits per heavy atom. The van der Waals surface area contributed by atoms with E-state index in [4.69, 9.17) is 4.55 Å². The van der Waals surface area contributed by atoms with Crippen molar-refractivity contribution in [1.29, 1.82) is 0 Å². The molecule has 0 aliphatic heterocycles. The maximum Gasteiger partial charge on any atom is 0.467 e. The van der Waals surface area contributed by atoms with Gasteiger partial charge in [-0.15, -0.1) is 3.63 Å². The molecule has 0 saturated carbocycles. The van der Waals surface area contributed by atoms with Crippen molar-refractivity contribution in [2.45, 2.75) is 0 Å². The third-order valence-electron chi connectivity index (χ3n) is 0.725. The van der Waals surface area contributed by atoms with Gasteiger partial charge in [-0.05, 0) is 0 Å². The molecule has 1 rings (SSSR count). The first-order valence-electron chi connectivity index (χ1n) is 2.64. The molecule has 1 atom stereocenters. The van der Waals surface area contributed by atoms with Gasteiger partial charge in [0.05, 0.1) is 6.20 Å². The van der Waals surface area contributed by atoms with Crippen LogP contribution in [0.5, 0.6) is 6.08 Å². The van der Waals surface area contributed by atoms with Crippen LogP contribution in [0.3, 0.4) is 0 Å². The molecule has 0 amide bonds. The van der Waals surface area contributed by atoms with Crippen LogP contribution < -0.4 is 4.18 Å². The lowest BCUT2D eigenvalue weighted by molar-refractivity contribution is 0.324. The topological polar surface area (TPSA) is 116 Å². The summed E-state index contributed by atoms with van der Waals surface area (Å²) in [6.07, 6.45) is 1.58. The lowest BCUT2D eigenvalue weighted by Gasteiger charge is -1.97. The average molecular weight is 229 g/mol. The van der Waals surface area contributed by atoms with Crippen molar-refractivity contribution in [3.8, 4) is 6.08 Å². The SMILES string of the molecule is O=S(O)OS(=O)(=O)Oc1ncco1. The van der Waals surface area contributed by atoms with Crippen LogP contribution in [0.2, 0.25) is 0 Å². The molecule has 0 fully saturated rings. The van der Waals surface area contributed by atoms with Gasteiger partial charge in [0.2, 0.25) is 0 Å². The molecule has 8 nitrogen and oxygen atoms in total. The summed E-state index contributed by atoms with van der Waals surface area (Å²) >= 11 is -2.98. The highest BCUT2D eigenvalue weighted by atomic mass is 32.3. The van der Waals surface area contributed by atoms with Crippen LogP contribution in [-0.4, -0.2) is 22.2 Å². The Kier molecular flexibility index (Phi) is 2.98. The molecule has 0 radical (unpaired) electrons. The summed E-state index contributed by atoms with van der Waals surface area (Å²) < 4.78 is 51.0. The largest absolute Gasteiger partial charge is 0.467 e. The number of hydrogen-bond acceptors (Lipinski definition) is 7. The summed E-state index contributed by atoms with van der Waals surface area (Å²) in [5.74, 6) is 0. The quantitative estimate of drug-likeness (QED) is 0.683. The first-order chi connectivity index (χ1) is 5.99. The zero-order valence-corrected chi connectivity index (χ0v) is 7.45. The molecule has 0 aliphatic carbocycles. The standard InChI is InChI=1S/C3H3NO7S2/c5-12(6)11-13(7,8)10-3-4-1-2-9-3/h1-2H,(H,5,6). The predicted octanol–water partition coefficient (Wildman–Crippen LogP) is -0.548. The molecule has 1 aromatic heterocycles. The highest BCUT2D eigenvalue weighted by Gasteiger charge is 2.20. The summed E-state index contributed by atoms with van der Waals surface area (Å²) in [6.45, 7) is 0. The summed E-state index contributed by atoms with van der Waals surface area (Å²) in [6, 6.07) is 0. The van der Waals surface area contributed by atoms with Crippen LogP contribution >= 0.6 is 0 Å². The number of rotatable bonds is 4. The second kappa shape index (κ2) is 3.83. The van der Waals surface area contributed by atoms with E-state index in [1.54, 1.807) is 0 Å². The first-order valence-corrected chi connectivity index (χ1v) is 5.01. The van der Waals surface area contributed by atoms with Gasteiger partial charge in [-0.2, -0.15) is 17.6 Å². The fourth-order valence-electron chi connectivity index (χ4n) is 0.424. The maximum absolute atomic E-state index is 10.6. The predicted molar refractivity (Wildman–Crippen MR) is 37.9 cm³/mol. The zero-order valence-electron chi connectivity index (χ0n) is 5.82. The molecule has 0 aromatic carbocycles. The Morgan fingerprint density at radius 2 is 2.31 bits per heavy atom. The summed E-state index contributed by atoms with van der Waals surface area (Å²) in [5.41, 5.74) is 0. The van der Waals surface area contributed by atoms with Crippen LogP contribution in [0.4, 0.5) is 0 Å². The lowest BCUT2D eigenvalue weighted by Crippen LogP contribution is -2.14. The number of aromatic nitrogens is 1. The number of oxazole rings is 1. The molecule has 1 N–H and O–H groups in total. The van der Waals surface area contributed by atoms with Crippen molar-refractivity contribution in [1.82, 2.24) is 4.98 Å². The summed E-state index contributed by atoms with van der Waals surface area (Å²) in [4.78, 5) is 3.28. The molecule has 13 heavy (non-hydrogen) atoms. The smallest absolute Gasteiger partial charge is 0.417 e. The number of hydrogen-bond donors (Lipinski definition) is 1. The molecule has 0 spiro atoms. The highest BCUT2D eigenvalue weighted by molar-refractivity contribution is 7.92. The second-order valence-corrected chi connectivity index (χ2v) is 3.54. The van der Waals surface area contributed by atoms with Gasteiger partial charge in [-0.3, -0.25) is 4.55 Å². The van der Waals surface area contributed by atoms with Gasteiger partial charge in [-0.25, -0.2) is 0 Å². The van der Waals surface area contributed by atoms with E-state index < -0.39 is 27.8 Å². The Hall–Kier alpha value is -0.970. The van der Waals surface area contributed by atoms with Gasteiger partial charge in [0.25, 0.3) is 0 Å². The first kappa shape index (κ1) is 10.1. The average Bonchev–Trinajstić information content (AvgIpc) is 2.34. The van der Waals surface area contributed by atoms with E-state index >= 15 is 0 Å².